The minimum Gasteiger partial charge on any atom is -0.462 e. The first-order chi connectivity index (χ1) is 39.6. The molecule has 0 aromatic carbocycles. The average molecular weight is 1100 g/mol. The third-order valence-corrected chi connectivity index (χ3v) is 13.5. The maximum Gasteiger partial charge on any atom is 0.306 e. The standard InChI is InChI=1S/C75H120O5/c1-3-5-7-9-11-13-15-17-19-21-23-25-27-29-31-33-34-35-36-37-38-39-40-42-43-45-47-49-51-53-55-57-59-61-63-65-67-69-74(77)79-72-73(71-76)80-75(78)70-68-66-64-62-60-58-56-54-52-50-48-46-44-41-32-30-28-26-24-22-20-18-16-14-12-10-8-6-4-2/h5-8,11-14,17-20,23-26,29-32,44,46,50,52,56,58,62,64,73,76H,3-4,9-10,15-16,21-22,27-28,33-43,45,47-49,51,53-55,57,59-61,63,65-72H2,1-2H3/b7-5-,8-6-,13-11-,14-12-,19-17-,20-18-,25-23-,26-24-,31-29-,32-30-,46-44-,52-50-,58-56-,64-62-. The Labute approximate surface area is 493 Å². The van der Waals surface area contributed by atoms with Gasteiger partial charge in [-0.3, -0.25) is 9.59 Å². The SMILES string of the molecule is CC/C=C\C/C=C\C/C=C\C/C=C\C/C=C\C/C=C\C/C=C\C/C=C\C/C=C\CCCC(=O)OC(CO)COC(=O)CCCCCCCCCCCCCCCCCCCCCCC/C=C\C/C=C\C/C=C\C/C=C\C/C=C\CC. The summed E-state index contributed by atoms with van der Waals surface area (Å²) in [5, 5.41) is 9.67. The van der Waals surface area contributed by atoms with Crippen molar-refractivity contribution >= 4 is 11.9 Å². The van der Waals surface area contributed by atoms with Gasteiger partial charge in [0.25, 0.3) is 0 Å². The van der Waals surface area contributed by atoms with Gasteiger partial charge in [-0.2, -0.15) is 0 Å². The number of unbranched alkanes of at least 4 members (excludes halogenated alkanes) is 22. The fourth-order valence-electron chi connectivity index (χ4n) is 8.70. The molecule has 1 N–H and O–H groups in total. The van der Waals surface area contributed by atoms with Crippen LogP contribution in [0.2, 0.25) is 0 Å². The van der Waals surface area contributed by atoms with Gasteiger partial charge in [0, 0.05) is 12.8 Å². The predicted molar refractivity (Wildman–Crippen MR) is 352 cm³/mol. The van der Waals surface area contributed by atoms with E-state index in [-0.39, 0.29) is 31.6 Å². The predicted octanol–water partition coefficient (Wildman–Crippen LogP) is 22.9. The van der Waals surface area contributed by atoms with Crippen molar-refractivity contribution in [2.24, 2.45) is 0 Å². The molecule has 0 heterocycles. The molecule has 80 heavy (non-hydrogen) atoms. The molecule has 0 aliphatic heterocycles. The number of hydrogen-bond acceptors (Lipinski definition) is 5. The highest BCUT2D eigenvalue weighted by Crippen LogP contribution is 2.16. The number of rotatable bonds is 58. The molecule has 0 aliphatic carbocycles. The van der Waals surface area contributed by atoms with E-state index < -0.39 is 6.10 Å². The molecule has 0 spiro atoms. The van der Waals surface area contributed by atoms with Gasteiger partial charge in [-0.1, -0.05) is 306 Å². The van der Waals surface area contributed by atoms with E-state index in [1.165, 1.54) is 122 Å². The molecular formula is C75H120O5. The summed E-state index contributed by atoms with van der Waals surface area (Å²) < 4.78 is 10.7. The molecule has 0 rings (SSSR count). The van der Waals surface area contributed by atoms with Crippen LogP contribution in [-0.2, 0) is 19.1 Å². The zero-order valence-corrected chi connectivity index (χ0v) is 51.5. The summed E-state index contributed by atoms with van der Waals surface area (Å²) in [6.07, 6.45) is 107. The number of carbonyl (C=O) groups is 2. The molecule has 0 saturated heterocycles. The zero-order valence-electron chi connectivity index (χ0n) is 51.5. The van der Waals surface area contributed by atoms with E-state index in [0.29, 0.717) is 12.8 Å². The monoisotopic (exact) mass is 1100 g/mol. The Kier molecular flexibility index (Phi) is 64.5. The zero-order chi connectivity index (χ0) is 57.6. The van der Waals surface area contributed by atoms with Crippen molar-refractivity contribution in [3.63, 3.8) is 0 Å². The molecule has 0 amide bonds. The van der Waals surface area contributed by atoms with Crippen molar-refractivity contribution in [2.75, 3.05) is 13.2 Å². The first-order valence-electron chi connectivity index (χ1n) is 32.7. The van der Waals surface area contributed by atoms with Crippen LogP contribution in [0.3, 0.4) is 0 Å². The third kappa shape index (κ3) is 65.8. The quantitative estimate of drug-likeness (QED) is 0.0373. The molecule has 0 aromatic heterocycles. The molecule has 0 radical (unpaired) electrons. The molecule has 0 bridgehead atoms. The molecule has 450 valence electrons. The van der Waals surface area contributed by atoms with Gasteiger partial charge in [0.15, 0.2) is 6.10 Å². The topological polar surface area (TPSA) is 72.8 Å². The van der Waals surface area contributed by atoms with Crippen LogP contribution in [0.4, 0.5) is 0 Å². The largest absolute Gasteiger partial charge is 0.462 e. The smallest absolute Gasteiger partial charge is 0.306 e. The van der Waals surface area contributed by atoms with E-state index >= 15 is 0 Å². The first kappa shape index (κ1) is 75.3. The van der Waals surface area contributed by atoms with Gasteiger partial charge in [-0.25, -0.2) is 0 Å². The van der Waals surface area contributed by atoms with Crippen molar-refractivity contribution < 1.29 is 24.2 Å². The Balaban J connectivity index is 3.57. The van der Waals surface area contributed by atoms with Gasteiger partial charge in [-0.15, -0.1) is 0 Å². The summed E-state index contributed by atoms with van der Waals surface area (Å²) in [6.45, 7) is 3.87. The number of esters is 2. The van der Waals surface area contributed by atoms with Gasteiger partial charge in [0.1, 0.15) is 6.61 Å². The van der Waals surface area contributed by atoms with Gasteiger partial charge in [0.2, 0.25) is 0 Å². The highest BCUT2D eigenvalue weighted by atomic mass is 16.6. The molecule has 0 saturated carbocycles. The Morgan fingerprint density at radius 2 is 0.512 bits per heavy atom. The number of ether oxygens (including phenoxy) is 2. The normalized spacial score (nSPS) is 13.4. The molecular weight excluding hydrogens is 981 g/mol. The average Bonchev–Trinajstić information content (AvgIpc) is 3.46. The van der Waals surface area contributed by atoms with Crippen LogP contribution in [0.25, 0.3) is 0 Å². The van der Waals surface area contributed by atoms with Crippen molar-refractivity contribution in [3.05, 3.63) is 170 Å². The van der Waals surface area contributed by atoms with Crippen LogP contribution >= 0.6 is 0 Å². The maximum absolute atomic E-state index is 12.3. The molecule has 0 fully saturated rings. The summed E-state index contributed by atoms with van der Waals surface area (Å²) in [7, 11) is 0. The van der Waals surface area contributed by atoms with Gasteiger partial charge >= 0.3 is 11.9 Å². The third-order valence-electron chi connectivity index (χ3n) is 13.5. The van der Waals surface area contributed by atoms with Gasteiger partial charge in [-0.05, 0) is 122 Å². The van der Waals surface area contributed by atoms with Crippen LogP contribution in [-0.4, -0.2) is 36.4 Å². The number of hydrogen-bond donors (Lipinski definition) is 1. The highest BCUT2D eigenvalue weighted by molar-refractivity contribution is 5.70. The summed E-state index contributed by atoms with van der Waals surface area (Å²) >= 11 is 0. The summed E-state index contributed by atoms with van der Waals surface area (Å²) in [4.78, 5) is 24.6. The first-order valence-corrected chi connectivity index (χ1v) is 32.7. The second-order valence-electron chi connectivity index (χ2n) is 21.1. The van der Waals surface area contributed by atoms with Crippen molar-refractivity contribution in [3.8, 4) is 0 Å². The van der Waals surface area contributed by atoms with Gasteiger partial charge < -0.3 is 14.6 Å². The van der Waals surface area contributed by atoms with Crippen molar-refractivity contribution in [1.29, 1.82) is 0 Å². The fraction of sp³-hybridized carbons (Fsp3) is 0.600. The van der Waals surface area contributed by atoms with E-state index in [9.17, 15) is 14.7 Å². The van der Waals surface area contributed by atoms with E-state index in [2.05, 4.69) is 184 Å². The lowest BCUT2D eigenvalue weighted by Gasteiger charge is -2.15. The molecule has 1 unspecified atom stereocenters. The van der Waals surface area contributed by atoms with Crippen LogP contribution < -0.4 is 0 Å². The Hall–Kier alpha value is -4.74. The number of aliphatic hydroxyl groups is 1. The Morgan fingerprint density at radius 3 is 0.787 bits per heavy atom. The van der Waals surface area contributed by atoms with E-state index in [4.69, 9.17) is 9.47 Å². The van der Waals surface area contributed by atoms with E-state index in [0.717, 1.165) is 116 Å². The lowest BCUT2D eigenvalue weighted by Crippen LogP contribution is -2.28. The lowest BCUT2D eigenvalue weighted by molar-refractivity contribution is -0.161. The van der Waals surface area contributed by atoms with E-state index in [1.54, 1.807) is 0 Å². The highest BCUT2D eigenvalue weighted by Gasteiger charge is 2.16. The summed E-state index contributed by atoms with van der Waals surface area (Å²) in [5.41, 5.74) is 0. The van der Waals surface area contributed by atoms with Crippen LogP contribution in [0, 0.1) is 0 Å². The minimum absolute atomic E-state index is 0.0972. The number of aliphatic hydroxyl groups excluding tert-OH is 1. The number of allylic oxidation sites excluding steroid dienone is 28. The van der Waals surface area contributed by atoms with Crippen molar-refractivity contribution in [2.45, 2.75) is 277 Å². The minimum atomic E-state index is -0.815. The molecule has 0 aliphatic rings. The summed E-state index contributed by atoms with van der Waals surface area (Å²) in [5.74, 6) is -0.664. The van der Waals surface area contributed by atoms with Crippen LogP contribution in [0.5, 0.6) is 0 Å². The van der Waals surface area contributed by atoms with Crippen LogP contribution in [0.15, 0.2) is 170 Å². The lowest BCUT2D eigenvalue weighted by atomic mass is 10.0. The Bertz CT molecular complexity index is 1770. The number of carbonyl (C=O) groups excluding carboxylic acids is 2. The summed E-state index contributed by atoms with van der Waals surface area (Å²) in [6, 6.07) is 0. The van der Waals surface area contributed by atoms with E-state index in [1.807, 2.05) is 0 Å². The van der Waals surface area contributed by atoms with Crippen LogP contribution in [0.1, 0.15) is 271 Å². The Morgan fingerprint density at radius 1 is 0.287 bits per heavy atom. The molecule has 5 heteroatoms. The molecule has 0 aromatic rings. The second kappa shape index (κ2) is 68.5. The van der Waals surface area contributed by atoms with Crippen molar-refractivity contribution in [1.82, 2.24) is 0 Å². The van der Waals surface area contributed by atoms with Gasteiger partial charge in [0.05, 0.1) is 6.61 Å². The molecule has 1 atom stereocenters. The molecule has 5 nitrogen and oxygen atoms in total. The fourth-order valence-corrected chi connectivity index (χ4v) is 8.70. The second-order valence-corrected chi connectivity index (χ2v) is 21.1. The maximum atomic E-state index is 12.3.